The predicted molar refractivity (Wildman–Crippen MR) is 68.3 cm³/mol. The van der Waals surface area contributed by atoms with E-state index >= 15 is 0 Å². The number of aliphatic hydroxyl groups excluding tert-OH is 3. The normalized spacial score (nSPS) is 14.6. The molecule has 0 aliphatic carbocycles. The molecule has 2 atom stereocenters. The van der Waals surface area contributed by atoms with Crippen LogP contribution in [-0.4, -0.2) is 33.1 Å². The summed E-state index contributed by atoms with van der Waals surface area (Å²) < 4.78 is 0. The van der Waals surface area contributed by atoms with Crippen molar-refractivity contribution >= 4 is 10.8 Å². The Kier molecular flexibility index (Phi) is 3.81. The number of aromatic hydroxyl groups is 1. The lowest BCUT2D eigenvalue weighted by Crippen LogP contribution is -2.19. The van der Waals surface area contributed by atoms with Gasteiger partial charge in [0.15, 0.2) is 0 Å². The second-order valence-electron chi connectivity index (χ2n) is 4.24. The Morgan fingerprint density at radius 1 is 1.00 bits per heavy atom. The van der Waals surface area contributed by atoms with Gasteiger partial charge in [-0.05, 0) is 23.3 Å². The molecule has 0 amide bonds. The minimum atomic E-state index is -1.22. The van der Waals surface area contributed by atoms with Crippen molar-refractivity contribution in [2.45, 2.75) is 18.6 Å². The van der Waals surface area contributed by atoms with Gasteiger partial charge in [-0.1, -0.05) is 30.3 Å². The van der Waals surface area contributed by atoms with Crippen molar-refractivity contribution in [2.75, 3.05) is 6.61 Å². The van der Waals surface area contributed by atoms with E-state index in [1.165, 1.54) is 6.07 Å². The van der Waals surface area contributed by atoms with E-state index in [1.807, 2.05) is 12.1 Å². The minimum Gasteiger partial charge on any atom is -0.508 e. The lowest BCUT2D eigenvalue weighted by molar-refractivity contribution is 0.00387. The zero-order valence-corrected chi connectivity index (χ0v) is 9.82. The fraction of sp³-hybridized carbons (Fsp3) is 0.286. The van der Waals surface area contributed by atoms with Gasteiger partial charge < -0.3 is 20.4 Å². The first kappa shape index (κ1) is 12.8. The number of rotatable bonds is 4. The van der Waals surface area contributed by atoms with Gasteiger partial charge in [0.25, 0.3) is 0 Å². The zero-order valence-electron chi connectivity index (χ0n) is 9.82. The number of aliphatic hydroxyl groups is 3. The average molecular weight is 248 g/mol. The molecule has 0 aromatic heterocycles. The van der Waals surface area contributed by atoms with Gasteiger partial charge in [-0.3, -0.25) is 0 Å². The highest BCUT2D eigenvalue weighted by atomic mass is 16.3. The molecule has 2 aromatic carbocycles. The van der Waals surface area contributed by atoms with E-state index in [2.05, 4.69) is 0 Å². The van der Waals surface area contributed by atoms with Crippen molar-refractivity contribution < 1.29 is 20.4 Å². The summed E-state index contributed by atoms with van der Waals surface area (Å²) in [5, 5.41) is 40.0. The molecule has 18 heavy (non-hydrogen) atoms. The van der Waals surface area contributed by atoms with Crippen LogP contribution in [-0.2, 0) is 0 Å². The number of hydrogen-bond acceptors (Lipinski definition) is 4. The van der Waals surface area contributed by atoms with Crippen LogP contribution >= 0.6 is 0 Å². The summed E-state index contributed by atoms with van der Waals surface area (Å²) in [6.07, 6.45) is -2.26. The molecule has 0 bridgehead atoms. The molecule has 4 heteroatoms. The molecule has 96 valence electrons. The highest BCUT2D eigenvalue weighted by molar-refractivity contribution is 5.88. The van der Waals surface area contributed by atoms with Crippen LogP contribution < -0.4 is 0 Å². The second-order valence-corrected chi connectivity index (χ2v) is 4.24. The molecule has 0 saturated heterocycles. The molecule has 2 unspecified atom stereocenters. The van der Waals surface area contributed by atoms with E-state index in [-0.39, 0.29) is 18.8 Å². The topological polar surface area (TPSA) is 80.9 Å². The number of hydrogen-bond donors (Lipinski definition) is 4. The molecular formula is C14H16O4. The van der Waals surface area contributed by atoms with E-state index in [9.17, 15) is 15.3 Å². The first-order chi connectivity index (χ1) is 8.65. The van der Waals surface area contributed by atoms with Gasteiger partial charge in [0.2, 0.25) is 0 Å². The van der Waals surface area contributed by atoms with E-state index < -0.39 is 12.2 Å². The number of fused-ring (bicyclic) bond motifs is 1. The van der Waals surface area contributed by atoms with Gasteiger partial charge in [-0.25, -0.2) is 0 Å². The maximum atomic E-state index is 10.1. The minimum absolute atomic E-state index is 0.0572. The van der Waals surface area contributed by atoms with Gasteiger partial charge in [0, 0.05) is 12.2 Å². The molecule has 0 fully saturated rings. The Bertz CT molecular complexity index is 538. The van der Waals surface area contributed by atoms with Crippen LogP contribution in [0.5, 0.6) is 5.75 Å². The van der Waals surface area contributed by atoms with Crippen molar-refractivity contribution in [3.05, 3.63) is 42.0 Å². The fourth-order valence-corrected chi connectivity index (χ4v) is 2.08. The van der Waals surface area contributed by atoms with Gasteiger partial charge in [0.1, 0.15) is 11.9 Å². The smallest absolute Gasteiger partial charge is 0.122 e. The summed E-state index contributed by atoms with van der Waals surface area (Å²) in [4.78, 5) is 0. The van der Waals surface area contributed by atoms with Gasteiger partial charge in [-0.2, -0.15) is 0 Å². The largest absolute Gasteiger partial charge is 0.508 e. The van der Waals surface area contributed by atoms with Crippen LogP contribution in [0.2, 0.25) is 0 Å². The maximum Gasteiger partial charge on any atom is 0.122 e. The molecule has 4 N–H and O–H groups in total. The summed E-state index contributed by atoms with van der Waals surface area (Å²) in [7, 11) is 0. The molecule has 2 rings (SSSR count). The van der Waals surface area contributed by atoms with Crippen LogP contribution in [0.1, 0.15) is 18.1 Å². The third kappa shape index (κ3) is 2.31. The van der Waals surface area contributed by atoms with Crippen LogP contribution in [0, 0.1) is 0 Å². The molecule has 4 nitrogen and oxygen atoms in total. The molecule has 0 spiro atoms. The summed E-state index contributed by atoms with van der Waals surface area (Å²) >= 11 is 0. The van der Waals surface area contributed by atoms with Crippen molar-refractivity contribution in [3.8, 4) is 5.75 Å². The molecule has 0 radical (unpaired) electrons. The van der Waals surface area contributed by atoms with E-state index in [1.54, 1.807) is 18.2 Å². The Balaban J connectivity index is 2.51. The Morgan fingerprint density at radius 3 is 2.44 bits per heavy atom. The molecule has 0 saturated carbocycles. The van der Waals surface area contributed by atoms with E-state index in [0.717, 1.165) is 5.39 Å². The Labute approximate surface area is 105 Å². The van der Waals surface area contributed by atoms with Crippen molar-refractivity contribution in [1.29, 1.82) is 0 Å². The highest BCUT2D eigenvalue weighted by Gasteiger charge is 2.22. The number of phenols is 1. The molecule has 0 aliphatic heterocycles. The quantitative estimate of drug-likeness (QED) is 0.658. The average Bonchev–Trinajstić information content (AvgIpc) is 2.38. The highest BCUT2D eigenvalue weighted by Crippen LogP contribution is 2.34. The monoisotopic (exact) mass is 248 g/mol. The Morgan fingerprint density at radius 2 is 1.72 bits per heavy atom. The van der Waals surface area contributed by atoms with Crippen molar-refractivity contribution in [1.82, 2.24) is 0 Å². The zero-order chi connectivity index (χ0) is 13.1. The molecule has 0 aliphatic rings. The van der Waals surface area contributed by atoms with Crippen LogP contribution in [0.25, 0.3) is 10.8 Å². The van der Waals surface area contributed by atoms with E-state index in [0.29, 0.717) is 10.9 Å². The molecular weight excluding hydrogens is 232 g/mol. The Hall–Kier alpha value is -1.62. The first-order valence-electron chi connectivity index (χ1n) is 5.82. The van der Waals surface area contributed by atoms with E-state index in [4.69, 9.17) is 5.11 Å². The van der Waals surface area contributed by atoms with Gasteiger partial charge in [-0.15, -0.1) is 0 Å². The van der Waals surface area contributed by atoms with Gasteiger partial charge >= 0.3 is 0 Å². The maximum absolute atomic E-state index is 10.1. The lowest BCUT2D eigenvalue weighted by Gasteiger charge is -2.20. The number of benzene rings is 2. The van der Waals surface area contributed by atoms with Crippen LogP contribution in [0.15, 0.2) is 36.4 Å². The fourth-order valence-electron chi connectivity index (χ4n) is 2.08. The van der Waals surface area contributed by atoms with Crippen molar-refractivity contribution in [3.63, 3.8) is 0 Å². The lowest BCUT2D eigenvalue weighted by atomic mass is 9.95. The number of phenolic OH excluding ortho intramolecular Hbond substituents is 1. The predicted octanol–water partition coefficient (Wildman–Crippen LogP) is 1.32. The summed E-state index contributed by atoms with van der Waals surface area (Å²) in [5.74, 6) is -0.0572. The standard InChI is InChI=1S/C14H16O4/c15-8-7-12(17)14(18)13-10-4-2-1-3-9(10)5-6-11(13)16/h1-6,12,14-18H,7-8H2. The van der Waals surface area contributed by atoms with Crippen LogP contribution in [0.4, 0.5) is 0 Å². The SMILES string of the molecule is OCCC(O)C(O)c1c(O)ccc2ccccc12. The second kappa shape index (κ2) is 5.35. The summed E-state index contributed by atoms with van der Waals surface area (Å²) in [6, 6.07) is 10.5. The molecule has 2 aromatic rings. The summed E-state index contributed by atoms with van der Waals surface area (Å²) in [5.41, 5.74) is 0.300. The summed E-state index contributed by atoms with van der Waals surface area (Å²) in [6.45, 7) is -0.218. The van der Waals surface area contributed by atoms with Gasteiger partial charge in [0.05, 0.1) is 6.10 Å². The third-order valence-corrected chi connectivity index (χ3v) is 3.03. The molecule has 0 heterocycles. The third-order valence-electron chi connectivity index (χ3n) is 3.03. The first-order valence-corrected chi connectivity index (χ1v) is 5.82. The van der Waals surface area contributed by atoms with Crippen LogP contribution in [0.3, 0.4) is 0 Å². The van der Waals surface area contributed by atoms with Crippen molar-refractivity contribution in [2.24, 2.45) is 0 Å².